The van der Waals surface area contributed by atoms with Gasteiger partial charge < -0.3 is 9.15 Å². The molecular formula is C19H25N3O2. The fourth-order valence-electron chi connectivity index (χ4n) is 3.50. The number of hydrogen-bond acceptors (Lipinski definition) is 5. The van der Waals surface area contributed by atoms with E-state index in [9.17, 15) is 0 Å². The fraction of sp³-hybridized carbons (Fsp3) is 0.526. The lowest BCUT2D eigenvalue weighted by atomic mass is 10.1. The largest absolute Gasteiger partial charge is 0.493 e. The van der Waals surface area contributed by atoms with Gasteiger partial charge in [-0.25, -0.2) is 4.98 Å². The molecule has 128 valence electrons. The van der Waals surface area contributed by atoms with Crippen LogP contribution < -0.4 is 4.74 Å². The first kappa shape index (κ1) is 15.7. The minimum atomic E-state index is 0.818. The van der Waals surface area contributed by atoms with E-state index < -0.39 is 0 Å². The van der Waals surface area contributed by atoms with Crippen LogP contribution >= 0.6 is 0 Å². The SMILES string of the molecule is Cc1nc(CN2CCN(Cc3ccc4c(c3)CCO4)CC2)oc1C. The molecule has 4 rings (SSSR count). The molecule has 0 radical (unpaired) electrons. The number of fused-ring (bicyclic) bond motifs is 1. The van der Waals surface area contributed by atoms with E-state index >= 15 is 0 Å². The van der Waals surface area contributed by atoms with Crippen molar-refractivity contribution in [3.63, 3.8) is 0 Å². The monoisotopic (exact) mass is 327 g/mol. The zero-order chi connectivity index (χ0) is 16.5. The summed E-state index contributed by atoms with van der Waals surface area (Å²) in [4.78, 5) is 9.45. The summed E-state index contributed by atoms with van der Waals surface area (Å²) in [6.07, 6.45) is 1.05. The first-order chi connectivity index (χ1) is 11.7. The second-order valence-electron chi connectivity index (χ2n) is 6.84. The van der Waals surface area contributed by atoms with Crippen molar-refractivity contribution in [2.75, 3.05) is 32.8 Å². The maximum absolute atomic E-state index is 5.70. The fourth-order valence-corrected chi connectivity index (χ4v) is 3.50. The summed E-state index contributed by atoms with van der Waals surface area (Å²) in [7, 11) is 0. The van der Waals surface area contributed by atoms with Crippen LogP contribution in [0.2, 0.25) is 0 Å². The summed E-state index contributed by atoms with van der Waals surface area (Å²) in [6, 6.07) is 6.64. The molecular weight excluding hydrogens is 302 g/mol. The molecule has 1 saturated heterocycles. The summed E-state index contributed by atoms with van der Waals surface area (Å²) < 4.78 is 11.3. The smallest absolute Gasteiger partial charge is 0.208 e. The standard InChI is InChI=1S/C19H25N3O2/c1-14-15(2)24-19(20-14)13-22-8-6-21(7-9-22)12-16-3-4-18-17(11-16)5-10-23-18/h3-4,11H,5-10,12-13H2,1-2H3. The van der Waals surface area contributed by atoms with Gasteiger partial charge in [0.1, 0.15) is 11.5 Å². The maximum Gasteiger partial charge on any atom is 0.208 e. The predicted octanol–water partition coefficient (Wildman–Crippen LogP) is 2.54. The molecule has 2 aromatic rings. The van der Waals surface area contributed by atoms with Gasteiger partial charge in [0.25, 0.3) is 0 Å². The van der Waals surface area contributed by atoms with Crippen LogP contribution in [-0.4, -0.2) is 47.6 Å². The van der Waals surface area contributed by atoms with E-state index in [0.717, 1.165) is 75.4 Å². The Morgan fingerprint density at radius 1 is 1.04 bits per heavy atom. The minimum absolute atomic E-state index is 0.818. The highest BCUT2D eigenvalue weighted by Gasteiger charge is 2.20. The molecule has 1 fully saturated rings. The molecule has 0 bridgehead atoms. The van der Waals surface area contributed by atoms with E-state index in [2.05, 4.69) is 33.0 Å². The molecule has 0 unspecified atom stereocenters. The predicted molar refractivity (Wildman–Crippen MR) is 92.2 cm³/mol. The van der Waals surface area contributed by atoms with Crippen molar-refractivity contribution >= 4 is 0 Å². The van der Waals surface area contributed by atoms with Gasteiger partial charge in [-0.1, -0.05) is 12.1 Å². The molecule has 0 saturated carbocycles. The Morgan fingerprint density at radius 2 is 1.79 bits per heavy atom. The van der Waals surface area contributed by atoms with Crippen molar-refractivity contribution in [1.82, 2.24) is 14.8 Å². The molecule has 5 nitrogen and oxygen atoms in total. The van der Waals surface area contributed by atoms with Crippen LogP contribution in [0.3, 0.4) is 0 Å². The van der Waals surface area contributed by atoms with Gasteiger partial charge in [-0.3, -0.25) is 9.80 Å². The molecule has 0 spiro atoms. The average Bonchev–Trinajstić information content (AvgIpc) is 3.15. The zero-order valence-corrected chi connectivity index (χ0v) is 14.5. The lowest BCUT2D eigenvalue weighted by molar-refractivity contribution is 0.114. The Bertz CT molecular complexity index is 698. The molecule has 0 N–H and O–H groups in total. The average molecular weight is 327 g/mol. The molecule has 0 atom stereocenters. The first-order valence-corrected chi connectivity index (χ1v) is 8.79. The Labute approximate surface area is 143 Å². The highest BCUT2D eigenvalue weighted by atomic mass is 16.5. The van der Waals surface area contributed by atoms with Crippen LogP contribution in [0.1, 0.15) is 28.5 Å². The van der Waals surface area contributed by atoms with Gasteiger partial charge in [-0.05, 0) is 31.0 Å². The van der Waals surface area contributed by atoms with Crippen molar-refractivity contribution in [2.45, 2.75) is 33.4 Å². The lowest BCUT2D eigenvalue weighted by Gasteiger charge is -2.34. The Balaban J connectivity index is 1.30. The van der Waals surface area contributed by atoms with Crippen LogP contribution in [-0.2, 0) is 19.5 Å². The third-order valence-corrected chi connectivity index (χ3v) is 5.06. The van der Waals surface area contributed by atoms with Gasteiger partial charge in [-0.15, -0.1) is 0 Å². The third-order valence-electron chi connectivity index (χ3n) is 5.06. The highest BCUT2D eigenvalue weighted by molar-refractivity contribution is 5.39. The molecule has 0 amide bonds. The topological polar surface area (TPSA) is 41.7 Å². The van der Waals surface area contributed by atoms with Gasteiger partial charge in [-0.2, -0.15) is 0 Å². The summed E-state index contributed by atoms with van der Waals surface area (Å²) in [5, 5.41) is 0. The molecule has 2 aliphatic rings. The number of benzene rings is 1. The summed E-state index contributed by atoms with van der Waals surface area (Å²) >= 11 is 0. The number of aromatic nitrogens is 1. The molecule has 5 heteroatoms. The van der Waals surface area contributed by atoms with Crippen LogP contribution in [0.15, 0.2) is 22.6 Å². The third kappa shape index (κ3) is 3.32. The number of piperazine rings is 1. The number of aryl methyl sites for hydroxylation is 2. The normalized spacial score (nSPS) is 18.6. The number of rotatable bonds is 4. The van der Waals surface area contributed by atoms with E-state index in [0.29, 0.717) is 0 Å². The first-order valence-electron chi connectivity index (χ1n) is 8.79. The zero-order valence-electron chi connectivity index (χ0n) is 14.5. The summed E-state index contributed by atoms with van der Waals surface area (Å²) in [5.74, 6) is 2.85. The second kappa shape index (κ2) is 6.57. The quantitative estimate of drug-likeness (QED) is 0.863. The minimum Gasteiger partial charge on any atom is -0.493 e. The van der Waals surface area contributed by atoms with Crippen LogP contribution in [0.5, 0.6) is 5.75 Å². The van der Waals surface area contributed by atoms with E-state index in [-0.39, 0.29) is 0 Å². The molecule has 3 heterocycles. The highest BCUT2D eigenvalue weighted by Crippen LogP contribution is 2.26. The second-order valence-corrected chi connectivity index (χ2v) is 6.84. The maximum atomic E-state index is 5.70. The van der Waals surface area contributed by atoms with E-state index in [1.807, 2.05) is 13.8 Å². The van der Waals surface area contributed by atoms with E-state index in [4.69, 9.17) is 9.15 Å². The molecule has 1 aromatic heterocycles. The van der Waals surface area contributed by atoms with Gasteiger partial charge in [0.2, 0.25) is 5.89 Å². The van der Waals surface area contributed by atoms with Crippen molar-refractivity contribution in [3.05, 3.63) is 46.7 Å². The van der Waals surface area contributed by atoms with Crippen molar-refractivity contribution in [2.24, 2.45) is 0 Å². The van der Waals surface area contributed by atoms with Crippen molar-refractivity contribution in [1.29, 1.82) is 0 Å². The summed E-state index contributed by atoms with van der Waals surface area (Å²) in [6.45, 7) is 11.0. The Hall–Kier alpha value is -1.85. The Kier molecular flexibility index (Phi) is 4.29. The van der Waals surface area contributed by atoms with Crippen LogP contribution in [0.25, 0.3) is 0 Å². The number of nitrogens with zero attached hydrogens (tertiary/aromatic N) is 3. The lowest BCUT2D eigenvalue weighted by Crippen LogP contribution is -2.45. The molecule has 1 aromatic carbocycles. The molecule has 24 heavy (non-hydrogen) atoms. The van der Waals surface area contributed by atoms with E-state index in [1.165, 1.54) is 11.1 Å². The Morgan fingerprint density at radius 3 is 2.50 bits per heavy atom. The van der Waals surface area contributed by atoms with Gasteiger partial charge in [0.15, 0.2) is 0 Å². The van der Waals surface area contributed by atoms with Gasteiger partial charge >= 0.3 is 0 Å². The van der Waals surface area contributed by atoms with Gasteiger partial charge in [0.05, 0.1) is 18.8 Å². The van der Waals surface area contributed by atoms with Crippen LogP contribution in [0.4, 0.5) is 0 Å². The summed E-state index contributed by atoms with van der Waals surface area (Å²) in [5.41, 5.74) is 3.76. The van der Waals surface area contributed by atoms with Gasteiger partial charge in [0, 0.05) is 39.1 Å². The van der Waals surface area contributed by atoms with Crippen molar-refractivity contribution < 1.29 is 9.15 Å². The number of oxazole rings is 1. The van der Waals surface area contributed by atoms with E-state index in [1.54, 1.807) is 0 Å². The number of hydrogen-bond donors (Lipinski definition) is 0. The number of ether oxygens (including phenoxy) is 1. The van der Waals surface area contributed by atoms with Crippen LogP contribution in [0, 0.1) is 13.8 Å². The van der Waals surface area contributed by atoms with Crippen molar-refractivity contribution in [3.8, 4) is 5.75 Å². The molecule has 2 aliphatic heterocycles. The molecule has 0 aliphatic carbocycles.